The van der Waals surface area contributed by atoms with Crippen molar-refractivity contribution in [3.63, 3.8) is 0 Å². The Hall–Kier alpha value is -1.31. The van der Waals surface area contributed by atoms with Gasteiger partial charge in [0.2, 0.25) is 11.5 Å². The van der Waals surface area contributed by atoms with Crippen LogP contribution >= 0.6 is 12.4 Å². The first-order valence-corrected chi connectivity index (χ1v) is 7.61. The number of carbonyl (C=O) groups excluding carboxylic acids is 1. The van der Waals surface area contributed by atoms with E-state index in [-0.39, 0.29) is 36.4 Å². The molecule has 4 nitrogen and oxygen atoms in total. The highest BCUT2D eigenvalue weighted by Crippen LogP contribution is 2.38. The van der Waals surface area contributed by atoms with Crippen LogP contribution in [-0.4, -0.2) is 29.8 Å². The van der Waals surface area contributed by atoms with E-state index in [0.717, 1.165) is 19.3 Å². The van der Waals surface area contributed by atoms with E-state index in [1.165, 1.54) is 24.3 Å². The van der Waals surface area contributed by atoms with Crippen molar-refractivity contribution in [1.82, 2.24) is 5.32 Å². The Morgan fingerprint density at radius 2 is 1.88 bits per heavy atom. The molecule has 1 amide bonds. The number of benzene rings is 1. The van der Waals surface area contributed by atoms with Gasteiger partial charge in [-0.1, -0.05) is 36.8 Å². The highest BCUT2D eigenvalue weighted by Gasteiger charge is 2.55. The fourth-order valence-corrected chi connectivity index (χ4v) is 2.94. The van der Waals surface area contributed by atoms with Crippen LogP contribution in [0.2, 0.25) is 0 Å². The van der Waals surface area contributed by atoms with Crippen LogP contribution < -0.4 is 11.1 Å². The van der Waals surface area contributed by atoms with E-state index in [1.807, 2.05) is 0 Å². The Balaban J connectivity index is 0.00000288. The van der Waals surface area contributed by atoms with Crippen LogP contribution in [0.15, 0.2) is 30.3 Å². The molecule has 1 fully saturated rings. The van der Waals surface area contributed by atoms with E-state index in [1.54, 1.807) is 6.07 Å². The average molecular weight is 367 g/mol. The number of aliphatic hydroxyl groups is 1. The molecule has 0 radical (unpaired) electrons. The molecule has 136 valence electrons. The summed E-state index contributed by atoms with van der Waals surface area (Å²) in [7, 11) is 0. The molecular formula is C16H22ClF3N2O2. The van der Waals surface area contributed by atoms with Crippen molar-refractivity contribution in [1.29, 1.82) is 0 Å². The number of carbonyl (C=O) groups is 1. The highest BCUT2D eigenvalue weighted by atomic mass is 35.5. The van der Waals surface area contributed by atoms with Crippen LogP contribution in [0, 0.1) is 5.92 Å². The van der Waals surface area contributed by atoms with E-state index >= 15 is 0 Å². The van der Waals surface area contributed by atoms with Gasteiger partial charge in [-0.05, 0) is 24.3 Å². The second kappa shape index (κ2) is 8.18. The zero-order valence-corrected chi connectivity index (χ0v) is 13.9. The van der Waals surface area contributed by atoms with Crippen molar-refractivity contribution < 1.29 is 23.1 Å². The Kier molecular flexibility index (Phi) is 7.07. The largest absolute Gasteiger partial charge is 0.423 e. The number of halogens is 4. The second-order valence-corrected chi connectivity index (χ2v) is 6.06. The van der Waals surface area contributed by atoms with Gasteiger partial charge in [0.1, 0.15) is 0 Å². The van der Waals surface area contributed by atoms with Crippen LogP contribution in [0.3, 0.4) is 0 Å². The van der Waals surface area contributed by atoms with Crippen molar-refractivity contribution in [3.05, 3.63) is 35.9 Å². The standard InChI is InChI=1S/C16H21F3N2O2.ClH/c17-16(18,19)15(23,12-6-2-1-3-7-12)10-21-14(22)9-11-5-4-8-13(11)20;/h1-3,6-7,11,13,23H,4-5,8-10,20H2,(H,21,22);1H/t11-,13+,15?;/m0./s1. The minimum Gasteiger partial charge on any atom is -0.375 e. The van der Waals surface area contributed by atoms with E-state index < -0.39 is 24.2 Å². The van der Waals surface area contributed by atoms with Crippen molar-refractivity contribution in [3.8, 4) is 0 Å². The van der Waals surface area contributed by atoms with Crippen molar-refractivity contribution in [2.24, 2.45) is 11.7 Å². The topological polar surface area (TPSA) is 75.4 Å². The van der Waals surface area contributed by atoms with E-state index in [9.17, 15) is 23.1 Å². The number of rotatable bonds is 5. The molecule has 3 atom stereocenters. The lowest BCUT2D eigenvalue weighted by molar-refractivity contribution is -0.264. The molecule has 4 N–H and O–H groups in total. The molecule has 1 aromatic carbocycles. The summed E-state index contributed by atoms with van der Waals surface area (Å²) in [4.78, 5) is 11.9. The molecule has 1 aliphatic rings. The van der Waals surface area contributed by atoms with Crippen molar-refractivity contribution in [2.75, 3.05) is 6.54 Å². The van der Waals surface area contributed by atoms with Crippen molar-refractivity contribution >= 4 is 18.3 Å². The van der Waals surface area contributed by atoms with Gasteiger partial charge in [0.25, 0.3) is 0 Å². The average Bonchev–Trinajstić information content (AvgIpc) is 2.89. The third-order valence-corrected chi connectivity index (χ3v) is 4.43. The molecule has 0 bridgehead atoms. The van der Waals surface area contributed by atoms with E-state index in [2.05, 4.69) is 5.32 Å². The van der Waals surface area contributed by atoms with Crippen LogP contribution in [0.25, 0.3) is 0 Å². The van der Waals surface area contributed by atoms with Crippen LogP contribution in [0.1, 0.15) is 31.2 Å². The molecule has 0 saturated heterocycles. The molecule has 1 aromatic rings. The summed E-state index contributed by atoms with van der Waals surface area (Å²) < 4.78 is 39.9. The quantitative estimate of drug-likeness (QED) is 0.749. The number of nitrogens with two attached hydrogens (primary N) is 1. The molecule has 0 heterocycles. The maximum absolute atomic E-state index is 13.3. The smallest absolute Gasteiger partial charge is 0.375 e. The SMILES string of the molecule is Cl.N[C@@H]1CCC[C@H]1CC(=O)NCC(O)(c1ccccc1)C(F)(F)F. The molecule has 24 heavy (non-hydrogen) atoms. The number of hydrogen-bond donors (Lipinski definition) is 3. The molecule has 2 rings (SSSR count). The maximum Gasteiger partial charge on any atom is 0.423 e. The molecule has 8 heteroatoms. The lowest BCUT2D eigenvalue weighted by Gasteiger charge is -2.31. The first-order chi connectivity index (χ1) is 10.7. The van der Waals surface area contributed by atoms with Gasteiger partial charge in [-0.3, -0.25) is 4.79 Å². The first-order valence-electron chi connectivity index (χ1n) is 7.61. The van der Waals surface area contributed by atoms with E-state index in [0.29, 0.717) is 0 Å². The molecule has 1 saturated carbocycles. The third kappa shape index (κ3) is 4.62. The molecule has 1 unspecified atom stereocenters. The number of amides is 1. The minimum atomic E-state index is -4.90. The number of alkyl halides is 3. The summed E-state index contributed by atoms with van der Waals surface area (Å²) in [5, 5.41) is 12.3. The predicted octanol–water partition coefficient (Wildman–Crippen LogP) is 2.49. The minimum absolute atomic E-state index is 0. The number of nitrogens with one attached hydrogen (secondary N) is 1. The van der Waals surface area contributed by atoms with Gasteiger partial charge in [0.05, 0.1) is 6.54 Å². The lowest BCUT2D eigenvalue weighted by atomic mass is 9.92. The molecule has 0 aliphatic heterocycles. The summed E-state index contributed by atoms with van der Waals surface area (Å²) in [6.45, 7) is -0.915. The molecule has 0 aromatic heterocycles. The Bertz CT molecular complexity index is 542. The van der Waals surface area contributed by atoms with Gasteiger partial charge >= 0.3 is 6.18 Å². The van der Waals surface area contributed by atoms with Crippen LogP contribution in [0.4, 0.5) is 13.2 Å². The van der Waals surface area contributed by atoms with E-state index in [4.69, 9.17) is 5.73 Å². The highest BCUT2D eigenvalue weighted by molar-refractivity contribution is 5.85. The van der Waals surface area contributed by atoms with Gasteiger partial charge in [-0.2, -0.15) is 13.2 Å². The second-order valence-electron chi connectivity index (χ2n) is 6.06. The van der Waals surface area contributed by atoms with Gasteiger partial charge < -0.3 is 16.2 Å². The fraction of sp³-hybridized carbons (Fsp3) is 0.562. The Morgan fingerprint density at radius 3 is 2.38 bits per heavy atom. The monoisotopic (exact) mass is 366 g/mol. The maximum atomic E-state index is 13.3. The lowest BCUT2D eigenvalue weighted by Crippen LogP contribution is -2.51. The summed E-state index contributed by atoms with van der Waals surface area (Å²) in [6.07, 6.45) is -2.25. The zero-order chi connectivity index (χ0) is 17.1. The Morgan fingerprint density at radius 1 is 1.25 bits per heavy atom. The number of hydrogen-bond acceptors (Lipinski definition) is 3. The molecule has 1 aliphatic carbocycles. The van der Waals surface area contributed by atoms with Crippen LogP contribution in [-0.2, 0) is 10.4 Å². The summed E-state index contributed by atoms with van der Waals surface area (Å²) in [5.74, 6) is -0.531. The van der Waals surface area contributed by atoms with Gasteiger partial charge in [0.15, 0.2) is 0 Å². The summed E-state index contributed by atoms with van der Waals surface area (Å²) in [5.41, 5.74) is 2.45. The zero-order valence-electron chi connectivity index (χ0n) is 13.1. The molecule has 0 spiro atoms. The van der Waals surface area contributed by atoms with Crippen molar-refractivity contribution in [2.45, 2.75) is 43.5 Å². The van der Waals surface area contributed by atoms with Crippen LogP contribution in [0.5, 0.6) is 0 Å². The summed E-state index contributed by atoms with van der Waals surface area (Å²) >= 11 is 0. The van der Waals surface area contributed by atoms with Gasteiger partial charge in [-0.25, -0.2) is 0 Å². The third-order valence-electron chi connectivity index (χ3n) is 4.43. The fourth-order valence-electron chi connectivity index (χ4n) is 2.94. The molecular weight excluding hydrogens is 345 g/mol. The normalized spacial score (nSPS) is 23.2. The predicted molar refractivity (Wildman–Crippen MR) is 86.6 cm³/mol. The van der Waals surface area contributed by atoms with Gasteiger partial charge in [-0.15, -0.1) is 12.4 Å². The van der Waals surface area contributed by atoms with Gasteiger partial charge in [0, 0.05) is 12.5 Å². The summed E-state index contributed by atoms with van der Waals surface area (Å²) in [6, 6.07) is 6.66. The Labute approximate surface area is 145 Å². The first kappa shape index (κ1) is 20.7.